The Bertz CT molecular complexity index is 1570. The summed E-state index contributed by atoms with van der Waals surface area (Å²) in [5.74, 6) is 5.58. The number of carbonyl (C=O) groups excluding carboxylic acids is 3. The fraction of sp³-hybridized carbons (Fsp3) is 0.771. The molecule has 4 fully saturated rings. The first-order valence-electron chi connectivity index (χ1n) is 22.8. The first kappa shape index (κ1) is 44.6. The van der Waals surface area contributed by atoms with Gasteiger partial charge < -0.3 is 13.6 Å². The molecule has 6 rings (SSSR count). The maximum absolute atomic E-state index is 13.6. The zero-order valence-corrected chi connectivity index (χ0v) is 38.7. The Morgan fingerprint density at radius 1 is 0.877 bits per heavy atom. The number of aldehydes is 1. The summed E-state index contributed by atoms with van der Waals surface area (Å²) in [6, 6.07) is 7.16. The van der Waals surface area contributed by atoms with Crippen molar-refractivity contribution in [1.82, 2.24) is 4.90 Å². The average molecular weight is 822 g/mol. The molecule has 7 nitrogen and oxygen atoms in total. The van der Waals surface area contributed by atoms with E-state index >= 15 is 0 Å². The highest BCUT2D eigenvalue weighted by atomic mass is 32.2. The van der Waals surface area contributed by atoms with Crippen LogP contribution in [0, 0.1) is 46.3 Å². The van der Waals surface area contributed by atoms with Gasteiger partial charge in [0.25, 0.3) is 0 Å². The SMILES string of the molecule is CC(C)CCC[C@@H](C)[C@H]1CC[C@H]2[C@@H]3CC=C4C[C@@H](SC5CC(=O)N(CCOCCO[Si](Oc6ccc(C=O)cc6)(C(C)C)C(C)C)C5=O)CC[C@]4(C)[C@H]3CC[C@]12C. The summed E-state index contributed by atoms with van der Waals surface area (Å²) < 4.78 is 19.0. The van der Waals surface area contributed by atoms with E-state index in [4.69, 9.17) is 13.6 Å². The molecule has 0 aromatic heterocycles. The van der Waals surface area contributed by atoms with Crippen LogP contribution in [0.1, 0.15) is 150 Å². The van der Waals surface area contributed by atoms with Crippen LogP contribution in [0.25, 0.3) is 0 Å². The van der Waals surface area contributed by atoms with Crippen LogP contribution >= 0.6 is 11.8 Å². The first-order chi connectivity index (χ1) is 27.1. The zero-order valence-electron chi connectivity index (χ0n) is 36.9. The number of rotatable bonds is 19. The molecule has 0 spiro atoms. The van der Waals surface area contributed by atoms with E-state index in [1.807, 2.05) is 12.1 Å². The number of amides is 2. The van der Waals surface area contributed by atoms with E-state index in [0.717, 1.165) is 54.6 Å². The Hall–Kier alpha value is -1.94. The Morgan fingerprint density at radius 2 is 1.61 bits per heavy atom. The molecule has 4 aliphatic carbocycles. The van der Waals surface area contributed by atoms with Gasteiger partial charge in [0.05, 0.1) is 31.6 Å². The molecule has 3 saturated carbocycles. The minimum absolute atomic E-state index is 0.0447. The van der Waals surface area contributed by atoms with Crippen molar-refractivity contribution in [1.29, 1.82) is 0 Å². The molecule has 0 bridgehead atoms. The van der Waals surface area contributed by atoms with Gasteiger partial charge in [0.1, 0.15) is 12.0 Å². The van der Waals surface area contributed by atoms with Crippen LogP contribution in [0.15, 0.2) is 35.9 Å². The average Bonchev–Trinajstić information content (AvgIpc) is 3.66. The van der Waals surface area contributed by atoms with Crippen LogP contribution < -0.4 is 4.43 Å². The lowest BCUT2D eigenvalue weighted by Crippen LogP contribution is -2.51. The van der Waals surface area contributed by atoms with Gasteiger partial charge in [-0.1, -0.05) is 93.2 Å². The van der Waals surface area contributed by atoms with Crippen molar-refractivity contribution in [2.45, 2.75) is 161 Å². The summed E-state index contributed by atoms with van der Waals surface area (Å²) in [6.07, 6.45) is 18.2. The molecular weight excluding hydrogens is 747 g/mol. The number of allylic oxidation sites excluding steroid dienone is 2. The van der Waals surface area contributed by atoms with Crippen LogP contribution in [0.4, 0.5) is 0 Å². The van der Waals surface area contributed by atoms with Gasteiger partial charge in [0.2, 0.25) is 11.8 Å². The Balaban J connectivity index is 0.964. The van der Waals surface area contributed by atoms with Crippen molar-refractivity contribution in [3.05, 3.63) is 41.5 Å². The third kappa shape index (κ3) is 9.37. The monoisotopic (exact) mass is 822 g/mol. The third-order valence-corrected chi connectivity index (χ3v) is 21.6. The van der Waals surface area contributed by atoms with E-state index in [1.54, 1.807) is 29.5 Å². The number of fused-ring (bicyclic) bond motifs is 5. The summed E-state index contributed by atoms with van der Waals surface area (Å²) in [4.78, 5) is 39.3. The highest BCUT2D eigenvalue weighted by molar-refractivity contribution is 8.01. The van der Waals surface area contributed by atoms with Gasteiger partial charge in [0.15, 0.2) is 0 Å². The number of hydrogen-bond donors (Lipinski definition) is 0. The smallest absolute Gasteiger partial charge is 0.404 e. The van der Waals surface area contributed by atoms with Crippen molar-refractivity contribution in [2.75, 3.05) is 26.4 Å². The minimum Gasteiger partial charge on any atom is -0.520 e. The Labute approximate surface area is 350 Å². The number of hydrogen-bond acceptors (Lipinski definition) is 7. The normalized spacial score (nSPS) is 32.1. The predicted molar refractivity (Wildman–Crippen MR) is 235 cm³/mol. The summed E-state index contributed by atoms with van der Waals surface area (Å²) in [5.41, 5.74) is 3.42. The molecule has 2 amide bonds. The highest BCUT2D eigenvalue weighted by Gasteiger charge is 2.59. The first-order valence-corrected chi connectivity index (χ1v) is 25.7. The quantitative estimate of drug-likeness (QED) is 0.0452. The van der Waals surface area contributed by atoms with Gasteiger partial charge in [-0.15, -0.1) is 11.8 Å². The molecule has 9 atom stereocenters. The van der Waals surface area contributed by atoms with Gasteiger partial charge in [-0.05, 0) is 122 Å². The molecule has 57 heavy (non-hydrogen) atoms. The molecule has 0 radical (unpaired) electrons. The Kier molecular flexibility index (Phi) is 14.7. The lowest BCUT2D eigenvalue weighted by atomic mass is 9.47. The molecule has 1 saturated heterocycles. The number of likely N-dealkylation sites (tertiary alicyclic amines) is 1. The van der Waals surface area contributed by atoms with Crippen LogP contribution in [-0.2, 0) is 18.8 Å². The molecule has 1 aliphatic heterocycles. The van der Waals surface area contributed by atoms with Crippen LogP contribution in [-0.4, -0.2) is 68.4 Å². The summed E-state index contributed by atoms with van der Waals surface area (Å²) >= 11 is 1.77. The van der Waals surface area contributed by atoms with Crippen molar-refractivity contribution in [3.8, 4) is 5.75 Å². The van der Waals surface area contributed by atoms with Crippen molar-refractivity contribution in [3.63, 3.8) is 0 Å². The van der Waals surface area contributed by atoms with Crippen LogP contribution in [0.5, 0.6) is 5.75 Å². The van der Waals surface area contributed by atoms with E-state index in [-0.39, 0.29) is 40.1 Å². The largest absolute Gasteiger partial charge is 0.520 e. The van der Waals surface area contributed by atoms with E-state index in [9.17, 15) is 14.4 Å². The molecule has 318 valence electrons. The topological polar surface area (TPSA) is 82.1 Å². The third-order valence-electron chi connectivity index (χ3n) is 15.7. The second kappa shape index (κ2) is 18.8. The van der Waals surface area contributed by atoms with Crippen molar-refractivity contribution in [2.24, 2.45) is 46.3 Å². The molecule has 1 aromatic carbocycles. The van der Waals surface area contributed by atoms with Crippen molar-refractivity contribution >= 4 is 38.4 Å². The van der Waals surface area contributed by atoms with Crippen molar-refractivity contribution < 1.29 is 28.0 Å². The predicted octanol–water partition coefficient (Wildman–Crippen LogP) is 11.4. The van der Waals surface area contributed by atoms with E-state index in [2.05, 4.69) is 68.4 Å². The van der Waals surface area contributed by atoms with Gasteiger partial charge in [-0.25, -0.2) is 0 Å². The van der Waals surface area contributed by atoms with Gasteiger partial charge in [-0.2, -0.15) is 0 Å². The fourth-order valence-corrected chi connectivity index (χ4v) is 17.5. The highest BCUT2D eigenvalue weighted by Crippen LogP contribution is 2.67. The zero-order chi connectivity index (χ0) is 41.1. The molecule has 1 unspecified atom stereocenters. The van der Waals surface area contributed by atoms with Crippen LogP contribution in [0.3, 0.4) is 0 Å². The number of benzene rings is 1. The summed E-state index contributed by atoms with van der Waals surface area (Å²) in [6.45, 7) is 22.4. The number of thioether (sulfide) groups is 1. The molecule has 1 aromatic rings. The lowest BCUT2D eigenvalue weighted by molar-refractivity contribution is -0.139. The maximum Gasteiger partial charge on any atom is 0.404 e. The summed E-state index contributed by atoms with van der Waals surface area (Å²) in [5, 5.41) is 0.103. The molecule has 9 heteroatoms. The number of carbonyl (C=O) groups is 3. The Morgan fingerprint density at radius 3 is 2.30 bits per heavy atom. The van der Waals surface area contributed by atoms with Gasteiger partial charge >= 0.3 is 8.56 Å². The molecule has 0 N–H and O–H groups in total. The fourth-order valence-electron chi connectivity index (χ4n) is 12.6. The standard InChI is InChI=1S/C48H75NO6SSi/c1-32(2)11-10-12-35(7)41-19-20-42-40-18-15-37-29-39(21-23-47(37,8)43(40)22-24-48(41,42)9)56-44-30-45(51)49(46(44)52)25-26-53-27-28-54-57(33(3)4,34(5)6)55-38-16-13-36(31-50)14-17-38/h13-17,31-35,39-44H,10-12,18-30H2,1-9H3/t35-,39+,40+,41-,42+,43+,44?,47+,48-/m1/s1. The van der Waals surface area contributed by atoms with E-state index in [0.29, 0.717) is 48.2 Å². The second-order valence-corrected chi connectivity index (χ2v) is 25.9. The van der Waals surface area contributed by atoms with E-state index in [1.165, 1.54) is 62.7 Å². The number of ether oxygens (including phenoxy) is 1. The van der Waals surface area contributed by atoms with E-state index < -0.39 is 8.56 Å². The molecular formula is C48H75NO6SSi. The molecule has 5 aliphatic rings. The van der Waals surface area contributed by atoms with Gasteiger partial charge in [0, 0.05) is 28.3 Å². The summed E-state index contributed by atoms with van der Waals surface area (Å²) in [7, 11) is -2.70. The van der Waals surface area contributed by atoms with Crippen LogP contribution in [0.2, 0.25) is 11.1 Å². The molecule has 1 heterocycles. The lowest BCUT2D eigenvalue weighted by Gasteiger charge is -2.58. The van der Waals surface area contributed by atoms with Gasteiger partial charge in [-0.3, -0.25) is 19.3 Å². The number of imide groups is 1. The number of nitrogens with zero attached hydrogens (tertiary/aromatic N) is 1. The minimum atomic E-state index is -2.70. The maximum atomic E-state index is 13.6. The second-order valence-electron chi connectivity index (χ2n) is 20.1.